The lowest BCUT2D eigenvalue weighted by atomic mass is 10.2. The Hall–Kier alpha value is -0.870. The maximum absolute atomic E-state index is 5.38. The molecule has 0 fully saturated rings. The summed E-state index contributed by atoms with van der Waals surface area (Å²) in [4.78, 5) is 9.84. The van der Waals surface area contributed by atoms with Crippen LogP contribution in [0.2, 0.25) is 0 Å². The molecular weight excluding hydrogens is 503 g/mol. The van der Waals surface area contributed by atoms with Gasteiger partial charge in [-0.1, -0.05) is 15.9 Å². The molecule has 0 aliphatic heterocycles. The van der Waals surface area contributed by atoms with Crippen molar-refractivity contribution in [3.8, 4) is 5.75 Å². The minimum absolute atomic E-state index is 0. The Kier molecular flexibility index (Phi) is 9.60. The van der Waals surface area contributed by atoms with Crippen LogP contribution in [0.4, 0.5) is 0 Å². The number of ether oxygens (including phenoxy) is 1. The number of guanidine groups is 1. The molecule has 24 heavy (non-hydrogen) atoms. The molecule has 0 aliphatic rings. The third-order valence-corrected chi connectivity index (χ3v) is 4.68. The van der Waals surface area contributed by atoms with Crippen LogP contribution in [0, 0.1) is 6.92 Å². The number of hydrogen-bond donors (Lipinski definition) is 2. The summed E-state index contributed by atoms with van der Waals surface area (Å²) in [5, 5.41) is 7.74. The topological polar surface area (TPSA) is 58.5 Å². The molecule has 0 saturated carbocycles. The van der Waals surface area contributed by atoms with Crippen molar-refractivity contribution in [1.82, 2.24) is 15.6 Å². The lowest BCUT2D eigenvalue weighted by Gasteiger charge is -2.13. The Morgan fingerprint density at radius 3 is 2.79 bits per heavy atom. The van der Waals surface area contributed by atoms with E-state index >= 15 is 0 Å². The van der Waals surface area contributed by atoms with Crippen LogP contribution in [0.15, 0.2) is 33.9 Å². The molecule has 0 unspecified atom stereocenters. The Bertz CT molecular complexity index is 678. The predicted molar refractivity (Wildman–Crippen MR) is 115 cm³/mol. The maximum atomic E-state index is 5.38. The van der Waals surface area contributed by atoms with Crippen molar-refractivity contribution in [2.75, 3.05) is 20.7 Å². The molecule has 0 bridgehead atoms. The predicted octanol–water partition coefficient (Wildman–Crippen LogP) is 3.75. The molecule has 0 amide bonds. The summed E-state index contributed by atoms with van der Waals surface area (Å²) in [6.45, 7) is 3.50. The van der Waals surface area contributed by atoms with E-state index in [9.17, 15) is 0 Å². The molecule has 0 aliphatic carbocycles. The highest BCUT2D eigenvalue weighted by molar-refractivity contribution is 14.0. The van der Waals surface area contributed by atoms with Gasteiger partial charge in [0.15, 0.2) is 5.96 Å². The van der Waals surface area contributed by atoms with Gasteiger partial charge in [0.05, 0.1) is 12.1 Å². The van der Waals surface area contributed by atoms with Crippen LogP contribution >= 0.6 is 51.2 Å². The van der Waals surface area contributed by atoms with Crippen LogP contribution in [0.1, 0.15) is 15.4 Å². The smallest absolute Gasteiger partial charge is 0.191 e. The van der Waals surface area contributed by atoms with Crippen molar-refractivity contribution in [1.29, 1.82) is 0 Å². The highest BCUT2D eigenvalue weighted by atomic mass is 127. The van der Waals surface area contributed by atoms with Crippen LogP contribution in [-0.4, -0.2) is 31.6 Å². The zero-order valence-corrected chi connectivity index (χ0v) is 18.7. The van der Waals surface area contributed by atoms with E-state index in [4.69, 9.17) is 4.74 Å². The Labute approximate surface area is 172 Å². The fraction of sp³-hybridized carbons (Fsp3) is 0.375. The number of aromatic nitrogens is 1. The number of nitrogens with one attached hydrogen (secondary N) is 2. The molecule has 8 heteroatoms. The lowest BCUT2D eigenvalue weighted by molar-refractivity contribution is 0.409. The first-order chi connectivity index (χ1) is 11.1. The van der Waals surface area contributed by atoms with Gasteiger partial charge >= 0.3 is 0 Å². The van der Waals surface area contributed by atoms with Crippen molar-refractivity contribution in [3.63, 3.8) is 0 Å². The molecule has 0 saturated heterocycles. The van der Waals surface area contributed by atoms with Gasteiger partial charge in [0.1, 0.15) is 5.75 Å². The van der Waals surface area contributed by atoms with E-state index in [1.54, 1.807) is 25.5 Å². The summed E-state index contributed by atoms with van der Waals surface area (Å²) < 4.78 is 6.40. The van der Waals surface area contributed by atoms with Gasteiger partial charge < -0.3 is 15.4 Å². The standard InChI is InChI=1S/C16H21BrN4OS.HI/c1-11-9-20-15(23-11)6-7-19-16(18-2)21-10-12-8-13(17)4-5-14(12)22-3;/h4-5,8-9H,6-7,10H2,1-3H3,(H2,18,19,21);1H. The van der Waals surface area contributed by atoms with Gasteiger partial charge in [-0.15, -0.1) is 35.3 Å². The Morgan fingerprint density at radius 1 is 1.38 bits per heavy atom. The number of benzene rings is 1. The number of nitrogens with zero attached hydrogens (tertiary/aromatic N) is 2. The minimum atomic E-state index is 0. The third-order valence-electron chi connectivity index (χ3n) is 3.21. The molecule has 2 N–H and O–H groups in total. The zero-order chi connectivity index (χ0) is 16.7. The second-order valence-electron chi connectivity index (χ2n) is 4.92. The number of hydrogen-bond acceptors (Lipinski definition) is 4. The van der Waals surface area contributed by atoms with Crippen molar-refractivity contribution in [2.24, 2.45) is 4.99 Å². The van der Waals surface area contributed by atoms with Gasteiger partial charge in [-0.3, -0.25) is 4.99 Å². The van der Waals surface area contributed by atoms with E-state index in [-0.39, 0.29) is 24.0 Å². The molecule has 5 nitrogen and oxygen atoms in total. The van der Waals surface area contributed by atoms with E-state index in [1.807, 2.05) is 24.4 Å². The number of methoxy groups -OCH3 is 1. The van der Waals surface area contributed by atoms with Gasteiger partial charge in [-0.2, -0.15) is 0 Å². The van der Waals surface area contributed by atoms with Crippen LogP contribution in [0.5, 0.6) is 5.75 Å². The fourth-order valence-electron chi connectivity index (χ4n) is 2.09. The minimum Gasteiger partial charge on any atom is -0.496 e. The second kappa shape index (κ2) is 10.9. The molecule has 0 spiro atoms. The maximum Gasteiger partial charge on any atom is 0.191 e. The summed E-state index contributed by atoms with van der Waals surface area (Å²) in [5.74, 6) is 1.62. The lowest BCUT2D eigenvalue weighted by Crippen LogP contribution is -2.37. The second-order valence-corrected chi connectivity index (χ2v) is 7.16. The Balaban J connectivity index is 0.00000288. The number of halogens is 2. The average Bonchev–Trinajstić information content (AvgIpc) is 2.96. The highest BCUT2D eigenvalue weighted by Gasteiger charge is 2.05. The van der Waals surface area contributed by atoms with E-state index in [1.165, 1.54) is 4.88 Å². The first kappa shape index (κ1) is 21.2. The largest absolute Gasteiger partial charge is 0.496 e. The Morgan fingerprint density at radius 2 is 2.17 bits per heavy atom. The average molecular weight is 525 g/mol. The van der Waals surface area contributed by atoms with Crippen LogP contribution in [0.3, 0.4) is 0 Å². The van der Waals surface area contributed by atoms with Crippen molar-refractivity contribution in [3.05, 3.63) is 44.3 Å². The normalized spacial score (nSPS) is 10.9. The van der Waals surface area contributed by atoms with Gasteiger partial charge in [0.2, 0.25) is 0 Å². The summed E-state index contributed by atoms with van der Waals surface area (Å²) in [5.41, 5.74) is 1.07. The summed E-state index contributed by atoms with van der Waals surface area (Å²) in [7, 11) is 3.44. The molecule has 0 radical (unpaired) electrons. The number of thiazole rings is 1. The van der Waals surface area contributed by atoms with Crippen molar-refractivity contribution < 1.29 is 4.74 Å². The molecular formula is C16H22BrIN4OS. The molecule has 132 valence electrons. The van der Waals surface area contributed by atoms with E-state index in [0.717, 1.165) is 39.7 Å². The molecule has 2 rings (SSSR count). The van der Waals surface area contributed by atoms with Gasteiger partial charge in [-0.25, -0.2) is 4.98 Å². The molecule has 1 heterocycles. The van der Waals surface area contributed by atoms with Crippen LogP contribution in [0.25, 0.3) is 0 Å². The zero-order valence-electron chi connectivity index (χ0n) is 13.9. The molecule has 1 aromatic heterocycles. The van der Waals surface area contributed by atoms with Gasteiger partial charge in [0, 0.05) is 47.7 Å². The van der Waals surface area contributed by atoms with E-state index in [0.29, 0.717) is 6.54 Å². The van der Waals surface area contributed by atoms with Crippen molar-refractivity contribution >= 4 is 57.2 Å². The SMILES string of the molecule is CN=C(NCCc1ncc(C)s1)NCc1cc(Br)ccc1OC.I. The summed E-state index contributed by atoms with van der Waals surface area (Å²) in [6, 6.07) is 5.95. The highest BCUT2D eigenvalue weighted by Crippen LogP contribution is 2.22. The molecule has 0 atom stereocenters. The van der Waals surface area contributed by atoms with E-state index in [2.05, 4.69) is 43.5 Å². The van der Waals surface area contributed by atoms with Gasteiger partial charge in [-0.05, 0) is 25.1 Å². The molecule has 2 aromatic rings. The summed E-state index contributed by atoms with van der Waals surface area (Å²) >= 11 is 5.22. The van der Waals surface area contributed by atoms with E-state index < -0.39 is 0 Å². The van der Waals surface area contributed by atoms with Crippen LogP contribution < -0.4 is 15.4 Å². The van der Waals surface area contributed by atoms with Crippen molar-refractivity contribution in [2.45, 2.75) is 19.9 Å². The monoisotopic (exact) mass is 524 g/mol. The first-order valence-corrected chi connectivity index (χ1v) is 8.91. The first-order valence-electron chi connectivity index (χ1n) is 7.30. The molecule has 1 aromatic carbocycles. The fourth-order valence-corrected chi connectivity index (χ4v) is 3.28. The quantitative estimate of drug-likeness (QED) is 0.343. The number of aliphatic imine (C=N–C) groups is 1. The summed E-state index contributed by atoms with van der Waals surface area (Å²) in [6.07, 6.45) is 2.80. The van der Waals surface area contributed by atoms with Gasteiger partial charge in [0.25, 0.3) is 0 Å². The number of aryl methyl sites for hydroxylation is 1. The third kappa shape index (κ3) is 6.56. The van der Waals surface area contributed by atoms with Crippen LogP contribution in [-0.2, 0) is 13.0 Å². The number of rotatable bonds is 6.